The molecule has 2 aromatic rings. The van der Waals surface area contributed by atoms with Crippen LogP contribution in [-0.2, 0) is 37.1 Å². The maximum atomic E-state index is 13.9. The van der Waals surface area contributed by atoms with E-state index >= 15 is 0 Å². The third-order valence-electron chi connectivity index (χ3n) is 10.9. The Balaban J connectivity index is 1.52. The number of unbranched alkanes of at least 4 members (excludes halogenated alkanes) is 8. The van der Waals surface area contributed by atoms with Crippen LogP contribution in [0.3, 0.4) is 0 Å². The first-order chi connectivity index (χ1) is 28.9. The van der Waals surface area contributed by atoms with Gasteiger partial charge in [-0.15, -0.1) is 0 Å². The molecular weight excluding hydrogens is 747 g/mol. The zero-order chi connectivity index (χ0) is 42.0. The molecule has 59 heavy (non-hydrogen) atoms. The molecule has 1 fully saturated rings. The van der Waals surface area contributed by atoms with Crippen molar-refractivity contribution in [1.29, 1.82) is 0 Å². The fraction of sp³-hybridized carbons (Fsp3) is 0.652. The van der Waals surface area contributed by atoms with Crippen molar-refractivity contribution >= 4 is 23.8 Å². The lowest BCUT2D eigenvalue weighted by molar-refractivity contribution is -0.133. The van der Waals surface area contributed by atoms with Crippen molar-refractivity contribution in [3.8, 4) is 0 Å². The van der Waals surface area contributed by atoms with E-state index in [1.165, 1.54) is 44.9 Å². The van der Waals surface area contributed by atoms with E-state index in [9.17, 15) is 19.2 Å². The van der Waals surface area contributed by atoms with Crippen molar-refractivity contribution in [1.82, 2.24) is 21.3 Å². The molecule has 1 aliphatic carbocycles. The van der Waals surface area contributed by atoms with Gasteiger partial charge in [0.25, 0.3) is 0 Å². The Labute approximate surface area is 352 Å². The quantitative estimate of drug-likeness (QED) is 0.0264. The van der Waals surface area contributed by atoms with Crippen LogP contribution in [0.15, 0.2) is 65.8 Å². The van der Waals surface area contributed by atoms with Crippen molar-refractivity contribution in [2.45, 2.75) is 160 Å². The number of azide groups is 1. The van der Waals surface area contributed by atoms with Crippen LogP contribution >= 0.6 is 0 Å². The highest BCUT2D eigenvalue weighted by Gasteiger charge is 2.27. The molecule has 0 aliphatic heterocycles. The molecule has 13 nitrogen and oxygen atoms in total. The van der Waals surface area contributed by atoms with Gasteiger partial charge in [0.1, 0.15) is 18.7 Å². The lowest BCUT2D eigenvalue weighted by atomic mass is 9.88. The van der Waals surface area contributed by atoms with Crippen LogP contribution in [0.5, 0.6) is 0 Å². The van der Waals surface area contributed by atoms with Crippen LogP contribution in [-0.4, -0.2) is 62.1 Å². The highest BCUT2D eigenvalue weighted by molar-refractivity contribution is 5.92. The Morgan fingerprint density at radius 1 is 0.661 bits per heavy atom. The molecule has 4 amide bonds. The number of hydrogen-bond acceptors (Lipinski definition) is 7. The SMILES string of the molecule is [N-]=[N+]=NCCCCCCCCCCC(=O)N[C@@H](COCc1ccccc1)C(=O)N[C@@H](CCCCNC(=O)OCc1ccccc1)C(=O)NCCCC1CCCCCCC1. The largest absolute Gasteiger partial charge is 0.445 e. The van der Waals surface area contributed by atoms with Crippen LogP contribution in [0.25, 0.3) is 10.4 Å². The predicted octanol–water partition coefficient (Wildman–Crippen LogP) is 9.35. The van der Waals surface area contributed by atoms with E-state index in [1.807, 2.05) is 60.7 Å². The van der Waals surface area contributed by atoms with E-state index in [-0.39, 0.29) is 31.6 Å². The minimum absolute atomic E-state index is 0.0448. The topological polar surface area (TPSA) is 184 Å². The van der Waals surface area contributed by atoms with Crippen molar-refractivity contribution in [3.05, 3.63) is 82.2 Å². The third kappa shape index (κ3) is 24.2. The molecule has 0 unspecified atom stereocenters. The van der Waals surface area contributed by atoms with Crippen LogP contribution in [0.2, 0.25) is 0 Å². The second-order valence-electron chi connectivity index (χ2n) is 15.8. The van der Waals surface area contributed by atoms with Gasteiger partial charge in [0.2, 0.25) is 17.7 Å². The molecule has 0 heterocycles. The Morgan fingerprint density at radius 2 is 1.27 bits per heavy atom. The number of nitrogens with one attached hydrogen (secondary N) is 4. The number of carbonyl (C=O) groups excluding carboxylic acids is 4. The summed E-state index contributed by atoms with van der Waals surface area (Å²) in [5, 5.41) is 15.3. The zero-order valence-electron chi connectivity index (χ0n) is 35.4. The first kappa shape index (κ1) is 48.8. The van der Waals surface area contributed by atoms with E-state index in [0.717, 1.165) is 68.9 Å². The molecule has 2 atom stereocenters. The summed E-state index contributed by atoms with van der Waals surface area (Å²) in [7, 11) is 0. The van der Waals surface area contributed by atoms with Crippen LogP contribution in [0, 0.1) is 5.92 Å². The van der Waals surface area contributed by atoms with Gasteiger partial charge in [0, 0.05) is 31.0 Å². The molecule has 0 saturated heterocycles. The van der Waals surface area contributed by atoms with Gasteiger partial charge in [-0.2, -0.15) is 0 Å². The smallest absolute Gasteiger partial charge is 0.407 e. The van der Waals surface area contributed by atoms with Crippen LogP contribution in [0.4, 0.5) is 4.79 Å². The van der Waals surface area contributed by atoms with E-state index < -0.39 is 24.1 Å². The Morgan fingerprint density at radius 3 is 1.95 bits per heavy atom. The molecule has 0 spiro atoms. The second-order valence-corrected chi connectivity index (χ2v) is 15.8. The number of carbonyl (C=O) groups is 4. The number of rotatable bonds is 30. The summed E-state index contributed by atoms with van der Waals surface area (Å²) in [5.41, 5.74) is 10.2. The molecular formula is C46H71N7O6. The van der Waals surface area contributed by atoms with Gasteiger partial charge in [-0.3, -0.25) is 14.4 Å². The number of nitrogens with zero attached hydrogens (tertiary/aromatic N) is 3. The molecule has 4 N–H and O–H groups in total. The zero-order valence-corrected chi connectivity index (χ0v) is 35.4. The van der Waals surface area contributed by atoms with Crippen LogP contribution in [0.1, 0.15) is 146 Å². The molecule has 1 aliphatic rings. The van der Waals surface area contributed by atoms with E-state index in [1.54, 1.807) is 0 Å². The van der Waals surface area contributed by atoms with Crippen molar-refractivity contribution in [3.63, 3.8) is 0 Å². The average molecular weight is 818 g/mol. The number of hydrogen-bond donors (Lipinski definition) is 4. The first-order valence-electron chi connectivity index (χ1n) is 22.4. The normalized spacial score (nSPS) is 14.1. The Hall–Kier alpha value is -4.61. The average Bonchev–Trinajstić information content (AvgIpc) is 3.23. The van der Waals surface area contributed by atoms with E-state index in [0.29, 0.717) is 57.7 Å². The summed E-state index contributed by atoms with van der Waals surface area (Å²) in [6.45, 7) is 1.85. The van der Waals surface area contributed by atoms with Gasteiger partial charge in [-0.25, -0.2) is 4.79 Å². The number of ether oxygens (including phenoxy) is 2. The number of benzene rings is 2. The Bertz CT molecular complexity index is 1480. The fourth-order valence-electron chi connectivity index (χ4n) is 7.43. The monoisotopic (exact) mass is 818 g/mol. The lowest BCUT2D eigenvalue weighted by Gasteiger charge is -2.24. The van der Waals surface area contributed by atoms with Crippen LogP contribution < -0.4 is 21.3 Å². The summed E-state index contributed by atoms with van der Waals surface area (Å²) in [6.07, 6.45) is 20.2. The van der Waals surface area contributed by atoms with Gasteiger partial charge >= 0.3 is 6.09 Å². The number of amides is 4. The number of alkyl carbamates (subject to hydrolysis) is 1. The minimum atomic E-state index is -0.979. The van der Waals surface area contributed by atoms with Crippen molar-refractivity contribution in [2.75, 3.05) is 26.2 Å². The molecule has 1 saturated carbocycles. The summed E-state index contributed by atoms with van der Waals surface area (Å²) < 4.78 is 11.3. The molecule has 13 heteroatoms. The first-order valence-corrected chi connectivity index (χ1v) is 22.4. The van der Waals surface area contributed by atoms with E-state index in [4.69, 9.17) is 15.0 Å². The Kier molecular flexibility index (Phi) is 26.7. The van der Waals surface area contributed by atoms with E-state index in [2.05, 4.69) is 31.3 Å². The highest BCUT2D eigenvalue weighted by Crippen LogP contribution is 2.25. The van der Waals surface area contributed by atoms with Gasteiger partial charge in [-0.05, 0) is 67.5 Å². The summed E-state index contributed by atoms with van der Waals surface area (Å²) in [6, 6.07) is 17.3. The highest BCUT2D eigenvalue weighted by atomic mass is 16.5. The second kappa shape index (κ2) is 32.3. The summed E-state index contributed by atoms with van der Waals surface area (Å²) in [5.74, 6) is -0.254. The predicted molar refractivity (Wildman–Crippen MR) is 232 cm³/mol. The van der Waals surface area contributed by atoms with Gasteiger partial charge in [0.05, 0.1) is 13.2 Å². The molecule has 0 aromatic heterocycles. The molecule has 3 rings (SSSR count). The maximum absolute atomic E-state index is 13.9. The van der Waals surface area contributed by atoms with Gasteiger partial charge in [0.15, 0.2) is 0 Å². The molecule has 0 radical (unpaired) electrons. The van der Waals surface area contributed by atoms with Gasteiger partial charge < -0.3 is 30.7 Å². The minimum Gasteiger partial charge on any atom is -0.445 e. The lowest BCUT2D eigenvalue weighted by Crippen LogP contribution is -2.55. The third-order valence-corrected chi connectivity index (χ3v) is 10.9. The molecule has 0 bridgehead atoms. The molecule has 326 valence electrons. The van der Waals surface area contributed by atoms with Crippen molar-refractivity contribution in [2.24, 2.45) is 11.0 Å². The standard InChI is InChI=1S/C46H71N7O6/c47-53-50-34-20-9-4-2-1-3-8-18-31-43(54)51-42(37-58-35-39-25-14-10-15-26-39)45(56)52-41(44(55)48-33-22-29-38-23-12-6-5-7-13-24-38)30-19-21-32-49-46(57)59-36-40-27-16-11-17-28-40/h10-11,14-17,25-28,38,41-42H,1-9,12-13,18-24,29-37H2,(H,48,55)(H,49,57)(H,51,54)(H,52,56)/t41-,42-/m0/s1. The summed E-state index contributed by atoms with van der Waals surface area (Å²) >= 11 is 0. The maximum Gasteiger partial charge on any atom is 0.407 e. The van der Waals surface area contributed by atoms with Crippen molar-refractivity contribution < 1.29 is 28.7 Å². The molecule has 2 aromatic carbocycles. The van der Waals surface area contributed by atoms with Gasteiger partial charge in [-0.1, -0.05) is 149 Å². The summed E-state index contributed by atoms with van der Waals surface area (Å²) in [4.78, 5) is 55.7. The fourth-order valence-corrected chi connectivity index (χ4v) is 7.43.